The second-order valence-corrected chi connectivity index (χ2v) is 8.07. The second-order valence-electron chi connectivity index (χ2n) is 8.07. The van der Waals surface area contributed by atoms with E-state index >= 15 is 0 Å². The normalized spacial score (nSPS) is 17.2. The van der Waals surface area contributed by atoms with Gasteiger partial charge in [0.25, 0.3) is 0 Å². The molecular formula is C26H22N7+. The van der Waals surface area contributed by atoms with Gasteiger partial charge in [0.05, 0.1) is 17.9 Å². The van der Waals surface area contributed by atoms with Gasteiger partial charge < -0.3 is 5.73 Å². The van der Waals surface area contributed by atoms with E-state index in [1.165, 1.54) is 16.7 Å². The highest BCUT2D eigenvalue weighted by atomic mass is 15.3. The molecule has 1 aliphatic rings. The SMILES string of the molecule is [NH3+]Cc1ccc(C2N=c3ccn4c(-c5ncccn5)nnc4c3=CC2c2ccccc2)cc1. The lowest BCUT2D eigenvalue weighted by Crippen LogP contribution is -2.47. The minimum atomic E-state index is -0.0268. The zero-order valence-electron chi connectivity index (χ0n) is 17.9. The van der Waals surface area contributed by atoms with E-state index in [2.05, 4.69) is 80.5 Å². The molecule has 5 aromatic rings. The van der Waals surface area contributed by atoms with Crippen molar-refractivity contribution in [3.05, 3.63) is 113 Å². The molecule has 0 bridgehead atoms. The molecule has 2 atom stereocenters. The van der Waals surface area contributed by atoms with Gasteiger partial charge in [-0.1, -0.05) is 60.7 Å². The fourth-order valence-corrected chi connectivity index (χ4v) is 4.42. The summed E-state index contributed by atoms with van der Waals surface area (Å²) < 4.78 is 1.94. The van der Waals surface area contributed by atoms with Crippen molar-refractivity contribution in [2.45, 2.75) is 18.5 Å². The van der Waals surface area contributed by atoms with Crippen molar-refractivity contribution in [3.63, 3.8) is 0 Å². The summed E-state index contributed by atoms with van der Waals surface area (Å²) in [4.78, 5) is 13.9. The van der Waals surface area contributed by atoms with Gasteiger partial charge in [-0.3, -0.25) is 9.39 Å². The molecule has 0 saturated carbocycles. The van der Waals surface area contributed by atoms with Gasteiger partial charge in [-0.25, -0.2) is 9.97 Å². The molecule has 4 heterocycles. The molecule has 0 radical (unpaired) electrons. The maximum atomic E-state index is 5.20. The number of pyridine rings is 1. The van der Waals surface area contributed by atoms with E-state index in [9.17, 15) is 0 Å². The lowest BCUT2D eigenvalue weighted by atomic mass is 9.85. The molecule has 1 aliphatic heterocycles. The highest BCUT2D eigenvalue weighted by Crippen LogP contribution is 2.36. The van der Waals surface area contributed by atoms with Crippen molar-refractivity contribution < 1.29 is 5.73 Å². The van der Waals surface area contributed by atoms with Gasteiger partial charge in [-0.15, -0.1) is 10.2 Å². The maximum Gasteiger partial charge on any atom is 0.206 e. The summed E-state index contributed by atoms with van der Waals surface area (Å²) in [5, 5.41) is 10.8. The molecule has 0 aliphatic carbocycles. The van der Waals surface area contributed by atoms with E-state index in [0.29, 0.717) is 11.6 Å². The van der Waals surface area contributed by atoms with Crippen molar-refractivity contribution in [1.82, 2.24) is 24.6 Å². The fraction of sp³-hybridized carbons (Fsp3) is 0.115. The van der Waals surface area contributed by atoms with E-state index in [0.717, 1.165) is 22.8 Å². The highest BCUT2D eigenvalue weighted by molar-refractivity contribution is 5.57. The van der Waals surface area contributed by atoms with Crippen LogP contribution >= 0.6 is 0 Å². The Bertz CT molecular complexity index is 1540. The molecule has 0 saturated heterocycles. The Balaban J connectivity index is 1.56. The average Bonchev–Trinajstić information content (AvgIpc) is 3.34. The number of rotatable bonds is 4. The van der Waals surface area contributed by atoms with Crippen LogP contribution < -0.4 is 16.3 Å². The maximum absolute atomic E-state index is 5.20. The smallest absolute Gasteiger partial charge is 0.206 e. The van der Waals surface area contributed by atoms with E-state index in [4.69, 9.17) is 4.99 Å². The van der Waals surface area contributed by atoms with E-state index in [1.54, 1.807) is 18.5 Å². The number of fused-ring (bicyclic) bond motifs is 3. The molecule has 0 amide bonds. The van der Waals surface area contributed by atoms with Gasteiger partial charge in [-0.2, -0.15) is 0 Å². The quantitative estimate of drug-likeness (QED) is 0.469. The van der Waals surface area contributed by atoms with Crippen LogP contribution in [0.4, 0.5) is 0 Å². The number of hydrogen-bond donors (Lipinski definition) is 1. The third-order valence-electron chi connectivity index (χ3n) is 6.12. The van der Waals surface area contributed by atoms with E-state index < -0.39 is 0 Å². The van der Waals surface area contributed by atoms with Crippen LogP contribution in [0.15, 0.2) is 90.3 Å². The summed E-state index contributed by atoms with van der Waals surface area (Å²) in [5.41, 5.74) is 8.36. The Morgan fingerprint density at radius 3 is 2.36 bits per heavy atom. The van der Waals surface area contributed by atoms with Crippen LogP contribution in [0, 0.1) is 0 Å². The number of benzene rings is 2. The fourth-order valence-electron chi connectivity index (χ4n) is 4.42. The van der Waals surface area contributed by atoms with Crippen molar-refractivity contribution >= 4 is 11.7 Å². The Morgan fingerprint density at radius 1 is 0.818 bits per heavy atom. The molecule has 160 valence electrons. The van der Waals surface area contributed by atoms with Gasteiger partial charge in [0.2, 0.25) is 5.82 Å². The number of quaternary nitrogens is 1. The Kier molecular flexibility index (Phi) is 4.74. The number of nitrogens with zero attached hydrogens (tertiary/aromatic N) is 6. The summed E-state index contributed by atoms with van der Waals surface area (Å²) >= 11 is 0. The molecule has 2 aromatic carbocycles. The molecule has 7 nitrogen and oxygen atoms in total. The number of aromatic nitrogens is 5. The molecule has 3 aromatic heterocycles. The minimum Gasteiger partial charge on any atom is -0.354 e. The van der Waals surface area contributed by atoms with Crippen molar-refractivity contribution in [3.8, 4) is 11.6 Å². The molecule has 33 heavy (non-hydrogen) atoms. The van der Waals surface area contributed by atoms with Crippen LogP contribution in [-0.2, 0) is 6.54 Å². The zero-order chi connectivity index (χ0) is 22.2. The van der Waals surface area contributed by atoms with Gasteiger partial charge in [0.15, 0.2) is 11.5 Å². The molecule has 7 heteroatoms. The lowest BCUT2D eigenvalue weighted by molar-refractivity contribution is -0.386. The van der Waals surface area contributed by atoms with Crippen LogP contribution in [0.5, 0.6) is 0 Å². The Morgan fingerprint density at radius 2 is 1.61 bits per heavy atom. The van der Waals surface area contributed by atoms with Crippen LogP contribution in [0.1, 0.15) is 28.7 Å². The first-order valence-electron chi connectivity index (χ1n) is 11.0. The van der Waals surface area contributed by atoms with Crippen LogP contribution in [0.2, 0.25) is 0 Å². The number of hydrogen-bond acceptors (Lipinski definition) is 5. The van der Waals surface area contributed by atoms with Gasteiger partial charge >= 0.3 is 0 Å². The minimum absolute atomic E-state index is 0.0268. The van der Waals surface area contributed by atoms with Crippen molar-refractivity contribution in [2.24, 2.45) is 4.99 Å². The Hall–Kier alpha value is -4.23. The first-order chi connectivity index (χ1) is 16.3. The lowest BCUT2D eigenvalue weighted by Gasteiger charge is -2.25. The summed E-state index contributed by atoms with van der Waals surface area (Å²) in [5.74, 6) is 1.23. The zero-order valence-corrected chi connectivity index (χ0v) is 17.9. The molecule has 6 rings (SSSR count). The summed E-state index contributed by atoms with van der Waals surface area (Å²) in [6.45, 7) is 0.775. The highest BCUT2D eigenvalue weighted by Gasteiger charge is 2.26. The van der Waals surface area contributed by atoms with Crippen LogP contribution in [0.3, 0.4) is 0 Å². The predicted molar refractivity (Wildman–Crippen MR) is 124 cm³/mol. The van der Waals surface area contributed by atoms with Gasteiger partial charge in [0, 0.05) is 35.3 Å². The molecule has 0 spiro atoms. The standard InChI is InChI=1S/C26H21N7/c27-16-17-7-9-19(10-8-17)23-20(18-5-2-1-3-6-18)15-21-22(30-23)11-14-33-25(21)31-32-26(33)24-28-12-4-13-29-24/h1-15,20,23H,16,27H2/p+1. The summed E-state index contributed by atoms with van der Waals surface area (Å²) in [7, 11) is 0. The molecule has 3 N–H and O–H groups in total. The molecular weight excluding hydrogens is 410 g/mol. The molecule has 2 unspecified atom stereocenters. The van der Waals surface area contributed by atoms with E-state index in [-0.39, 0.29) is 12.0 Å². The topological polar surface area (TPSA) is 96.0 Å². The second kappa shape index (κ2) is 8.03. The first-order valence-corrected chi connectivity index (χ1v) is 11.0. The first kappa shape index (κ1) is 19.5. The third kappa shape index (κ3) is 3.39. The third-order valence-corrected chi connectivity index (χ3v) is 6.12. The summed E-state index contributed by atoms with van der Waals surface area (Å²) in [6.07, 6.45) is 7.64. The monoisotopic (exact) mass is 432 g/mol. The Labute approximate surface area is 190 Å². The van der Waals surface area contributed by atoms with Crippen molar-refractivity contribution in [2.75, 3.05) is 0 Å². The van der Waals surface area contributed by atoms with E-state index in [1.807, 2.05) is 22.7 Å². The van der Waals surface area contributed by atoms with Gasteiger partial charge in [-0.05, 0) is 23.3 Å². The van der Waals surface area contributed by atoms with Crippen LogP contribution in [-0.4, -0.2) is 24.6 Å². The van der Waals surface area contributed by atoms with Crippen LogP contribution in [0.25, 0.3) is 23.4 Å². The average molecular weight is 433 g/mol. The predicted octanol–water partition coefficient (Wildman–Crippen LogP) is 1.87. The summed E-state index contributed by atoms with van der Waals surface area (Å²) in [6, 6.07) is 22.9. The largest absolute Gasteiger partial charge is 0.354 e. The molecule has 0 fully saturated rings. The van der Waals surface area contributed by atoms with Gasteiger partial charge in [0.1, 0.15) is 0 Å². The van der Waals surface area contributed by atoms with Crippen molar-refractivity contribution in [1.29, 1.82) is 0 Å².